The van der Waals surface area contributed by atoms with E-state index in [0.29, 0.717) is 0 Å². The Kier molecular flexibility index (Phi) is 5.39. The molecule has 1 rings (SSSR count). The van der Waals surface area contributed by atoms with Gasteiger partial charge in [-0.15, -0.1) is 0 Å². The Morgan fingerprint density at radius 3 is 2.05 bits per heavy atom. The number of hydroxylamine groups is 2. The lowest BCUT2D eigenvalue weighted by Crippen LogP contribution is -2.45. The molecule has 0 aromatic rings. The molecule has 0 bridgehead atoms. The third kappa shape index (κ3) is 2.69. The van der Waals surface area contributed by atoms with Gasteiger partial charge in [0.2, 0.25) is 0 Å². The van der Waals surface area contributed by atoms with Crippen LogP contribution in [0.15, 0.2) is 0 Å². The van der Waals surface area contributed by atoms with Crippen molar-refractivity contribution in [3.05, 3.63) is 0 Å². The van der Waals surface area contributed by atoms with E-state index < -0.39 is 25.3 Å². The predicted molar refractivity (Wildman–Crippen MR) is 84.1 cm³/mol. The maximum atomic E-state index is 12.5. The van der Waals surface area contributed by atoms with Crippen molar-refractivity contribution < 1.29 is 18.9 Å². The molecule has 122 valence electrons. The number of rotatable bonds is 8. The van der Waals surface area contributed by atoms with Gasteiger partial charge >= 0.3 is 0 Å². The minimum atomic E-state index is -1.98. The summed E-state index contributed by atoms with van der Waals surface area (Å²) < 4.78 is 6.44. The molecular weight excluding hydrogens is 286 g/mol. The van der Waals surface area contributed by atoms with Crippen LogP contribution in [0.3, 0.4) is 0 Å². The summed E-state index contributed by atoms with van der Waals surface area (Å²) in [7, 11) is 1.03. The molecule has 1 aliphatic rings. The molecule has 0 radical (unpaired) electrons. The summed E-state index contributed by atoms with van der Waals surface area (Å²) in [6.07, 6.45) is 0.849. The first kappa shape index (κ1) is 18.3. The molecule has 6 heteroatoms. The highest BCUT2D eigenvalue weighted by atomic mass is 28.4. The molecule has 0 N–H and O–H groups in total. The molecule has 0 saturated heterocycles. The third-order valence-corrected chi connectivity index (χ3v) is 10.0. The van der Waals surface area contributed by atoms with E-state index in [9.17, 15) is 9.59 Å². The minimum Gasteiger partial charge on any atom is -0.403 e. The normalized spacial score (nSPS) is 27.3. The second-order valence-corrected chi connectivity index (χ2v) is 11.1. The van der Waals surface area contributed by atoms with E-state index in [2.05, 4.69) is 20.8 Å². The SMILES string of the molecule is CC[Si](CC)(CC)O[C@@]1(C=O)[C@H](C(=O)N(C)OC)C1(C)C. The molecule has 21 heavy (non-hydrogen) atoms. The van der Waals surface area contributed by atoms with Crippen LogP contribution in [0.1, 0.15) is 34.6 Å². The lowest BCUT2D eigenvalue weighted by atomic mass is 10.1. The summed E-state index contributed by atoms with van der Waals surface area (Å²) in [5, 5.41) is 1.19. The lowest BCUT2D eigenvalue weighted by molar-refractivity contribution is -0.172. The third-order valence-electron chi connectivity index (χ3n) is 5.40. The van der Waals surface area contributed by atoms with E-state index in [4.69, 9.17) is 9.26 Å². The zero-order valence-electron chi connectivity index (χ0n) is 14.4. The maximum Gasteiger partial charge on any atom is 0.252 e. The molecule has 2 atom stereocenters. The average molecular weight is 315 g/mol. The maximum absolute atomic E-state index is 12.5. The van der Waals surface area contributed by atoms with Gasteiger partial charge < -0.3 is 9.22 Å². The Morgan fingerprint density at radius 2 is 1.71 bits per heavy atom. The van der Waals surface area contributed by atoms with Crippen molar-refractivity contribution in [3.8, 4) is 0 Å². The predicted octanol–water partition coefficient (Wildman–Crippen LogP) is 2.62. The Morgan fingerprint density at radius 1 is 1.24 bits per heavy atom. The summed E-state index contributed by atoms with van der Waals surface area (Å²) in [5.41, 5.74) is -1.48. The molecule has 0 heterocycles. The highest BCUT2D eigenvalue weighted by Gasteiger charge is 2.77. The van der Waals surface area contributed by atoms with Crippen LogP contribution < -0.4 is 0 Å². The van der Waals surface area contributed by atoms with Gasteiger partial charge in [0.05, 0.1) is 13.0 Å². The van der Waals surface area contributed by atoms with Crippen LogP contribution in [-0.4, -0.2) is 45.3 Å². The van der Waals surface area contributed by atoms with Gasteiger partial charge in [0.15, 0.2) is 14.6 Å². The fourth-order valence-electron chi connectivity index (χ4n) is 3.28. The second-order valence-electron chi connectivity index (χ2n) is 6.43. The first-order valence-electron chi connectivity index (χ1n) is 7.70. The van der Waals surface area contributed by atoms with E-state index in [1.807, 2.05) is 13.8 Å². The van der Waals surface area contributed by atoms with Crippen molar-refractivity contribution in [2.24, 2.45) is 11.3 Å². The molecular formula is C15H29NO4Si. The molecule has 1 fully saturated rings. The van der Waals surface area contributed by atoms with Crippen molar-refractivity contribution in [2.45, 2.75) is 58.4 Å². The van der Waals surface area contributed by atoms with Gasteiger partial charge in [-0.25, -0.2) is 5.06 Å². The molecule has 1 amide bonds. The van der Waals surface area contributed by atoms with Crippen LogP contribution in [0.5, 0.6) is 0 Å². The minimum absolute atomic E-state index is 0.194. The molecule has 0 unspecified atom stereocenters. The van der Waals surface area contributed by atoms with Gasteiger partial charge in [0.25, 0.3) is 5.91 Å². The average Bonchev–Trinajstić information content (AvgIpc) is 2.98. The lowest BCUT2D eigenvalue weighted by Gasteiger charge is -2.33. The summed E-state index contributed by atoms with van der Waals surface area (Å²) in [5.74, 6) is -0.662. The van der Waals surface area contributed by atoms with Crippen LogP contribution in [-0.2, 0) is 18.9 Å². The van der Waals surface area contributed by atoms with Crippen LogP contribution in [0, 0.1) is 11.3 Å². The van der Waals surface area contributed by atoms with Gasteiger partial charge in [-0.2, -0.15) is 0 Å². The van der Waals surface area contributed by atoms with Crippen molar-refractivity contribution >= 4 is 20.5 Å². The zero-order chi connectivity index (χ0) is 16.5. The number of nitrogens with zero attached hydrogens (tertiary/aromatic N) is 1. The number of amides is 1. The van der Waals surface area contributed by atoms with Crippen molar-refractivity contribution in [1.29, 1.82) is 0 Å². The topological polar surface area (TPSA) is 55.8 Å². The summed E-state index contributed by atoms with van der Waals surface area (Å²) >= 11 is 0. The molecule has 5 nitrogen and oxygen atoms in total. The van der Waals surface area contributed by atoms with E-state index >= 15 is 0 Å². The fraction of sp³-hybridized carbons (Fsp3) is 0.867. The van der Waals surface area contributed by atoms with Gasteiger partial charge in [-0.3, -0.25) is 9.63 Å². The largest absolute Gasteiger partial charge is 0.403 e. The number of hydrogen-bond donors (Lipinski definition) is 0. The monoisotopic (exact) mass is 315 g/mol. The standard InChI is InChI=1S/C15H29NO4Si/c1-8-21(9-2,10-3)20-15(11-17)12(14(15,4)5)13(18)16(6)19-7/h11-12H,8-10H2,1-7H3/t12-,15+/m1/s1. The Bertz CT molecular complexity index is 400. The van der Waals surface area contributed by atoms with Crippen molar-refractivity contribution in [3.63, 3.8) is 0 Å². The van der Waals surface area contributed by atoms with E-state index in [0.717, 1.165) is 24.4 Å². The van der Waals surface area contributed by atoms with Gasteiger partial charge in [0.1, 0.15) is 5.60 Å². The molecule has 0 aromatic heterocycles. The highest BCUT2D eigenvalue weighted by molar-refractivity contribution is 6.73. The first-order chi connectivity index (χ1) is 9.71. The van der Waals surface area contributed by atoms with Crippen LogP contribution in [0.25, 0.3) is 0 Å². The Hall–Kier alpha value is -0.723. The summed E-state index contributed by atoms with van der Waals surface area (Å²) in [4.78, 5) is 29.3. The van der Waals surface area contributed by atoms with E-state index in [-0.39, 0.29) is 5.91 Å². The summed E-state index contributed by atoms with van der Waals surface area (Å²) in [6, 6.07) is 2.85. The van der Waals surface area contributed by atoms with Crippen molar-refractivity contribution in [2.75, 3.05) is 14.2 Å². The highest BCUT2D eigenvalue weighted by Crippen LogP contribution is 2.64. The number of hydrogen-bond acceptors (Lipinski definition) is 4. The number of aldehydes is 1. The van der Waals surface area contributed by atoms with E-state index in [1.165, 1.54) is 12.2 Å². The number of carbonyl (C=O) groups is 2. The van der Waals surface area contributed by atoms with E-state index in [1.54, 1.807) is 7.05 Å². The van der Waals surface area contributed by atoms with Crippen LogP contribution in [0.2, 0.25) is 18.1 Å². The quantitative estimate of drug-likeness (QED) is 0.392. The fourth-order valence-corrected chi connectivity index (χ4v) is 6.36. The Labute approximate surface area is 129 Å². The molecule has 1 saturated carbocycles. The molecule has 0 aromatic carbocycles. The molecule has 0 spiro atoms. The first-order valence-corrected chi connectivity index (χ1v) is 10.2. The van der Waals surface area contributed by atoms with Crippen LogP contribution in [0.4, 0.5) is 0 Å². The summed E-state index contributed by atoms with van der Waals surface area (Å²) in [6.45, 7) is 10.2. The second kappa shape index (κ2) is 6.18. The number of carbonyl (C=O) groups excluding carboxylic acids is 2. The smallest absolute Gasteiger partial charge is 0.252 e. The molecule has 0 aliphatic heterocycles. The van der Waals surface area contributed by atoms with Crippen LogP contribution >= 0.6 is 0 Å². The van der Waals surface area contributed by atoms with Gasteiger partial charge in [-0.05, 0) is 18.1 Å². The van der Waals surface area contributed by atoms with Crippen molar-refractivity contribution in [1.82, 2.24) is 5.06 Å². The molecule has 1 aliphatic carbocycles. The van der Waals surface area contributed by atoms with Gasteiger partial charge in [-0.1, -0.05) is 34.6 Å². The van der Waals surface area contributed by atoms with Gasteiger partial charge in [0, 0.05) is 12.5 Å². The Balaban J connectivity index is 3.11. The zero-order valence-corrected chi connectivity index (χ0v) is 15.4.